The summed E-state index contributed by atoms with van der Waals surface area (Å²) in [5.41, 5.74) is -0.130. The second kappa shape index (κ2) is 4.83. The highest BCUT2D eigenvalue weighted by Crippen LogP contribution is 2.33. The van der Waals surface area contributed by atoms with Gasteiger partial charge in [0.1, 0.15) is 0 Å². The van der Waals surface area contributed by atoms with Crippen molar-refractivity contribution in [1.29, 1.82) is 0 Å². The summed E-state index contributed by atoms with van der Waals surface area (Å²) < 4.78 is 0. The lowest BCUT2D eigenvalue weighted by Gasteiger charge is -2.35. The van der Waals surface area contributed by atoms with Crippen LogP contribution in [0.1, 0.15) is 40.5 Å². The molecule has 0 rings (SSSR count). The molecule has 0 spiro atoms. The minimum absolute atomic E-state index is 0.130. The minimum Gasteiger partial charge on any atom is -0.396 e. The average molecular weight is 174 g/mol. The van der Waals surface area contributed by atoms with Crippen molar-refractivity contribution < 1.29 is 10.2 Å². The van der Waals surface area contributed by atoms with E-state index in [0.717, 1.165) is 12.8 Å². The van der Waals surface area contributed by atoms with Gasteiger partial charge in [0.25, 0.3) is 0 Å². The van der Waals surface area contributed by atoms with Gasteiger partial charge in [-0.3, -0.25) is 0 Å². The van der Waals surface area contributed by atoms with Crippen molar-refractivity contribution in [2.75, 3.05) is 6.61 Å². The molecule has 3 unspecified atom stereocenters. The number of rotatable bonds is 5. The normalized spacial score (nSPS) is 21.5. The maximum atomic E-state index is 9.61. The summed E-state index contributed by atoms with van der Waals surface area (Å²) in [6.07, 6.45) is 1.38. The second-order valence-electron chi connectivity index (χ2n) is 3.93. The smallest absolute Gasteiger partial charge is 0.0569 e. The van der Waals surface area contributed by atoms with Gasteiger partial charge in [-0.15, -0.1) is 0 Å². The third kappa shape index (κ3) is 2.46. The SMILES string of the molecule is CCC(O)C(C)C(C)(CC)CO. The van der Waals surface area contributed by atoms with Crippen LogP contribution in [0.3, 0.4) is 0 Å². The zero-order chi connectivity index (χ0) is 9.78. The summed E-state index contributed by atoms with van der Waals surface area (Å²) >= 11 is 0. The van der Waals surface area contributed by atoms with Gasteiger partial charge in [0, 0.05) is 6.61 Å². The van der Waals surface area contributed by atoms with Crippen LogP contribution in [0.15, 0.2) is 0 Å². The summed E-state index contributed by atoms with van der Waals surface area (Å²) in [6, 6.07) is 0. The van der Waals surface area contributed by atoms with Crippen molar-refractivity contribution in [3.8, 4) is 0 Å². The van der Waals surface area contributed by atoms with Gasteiger partial charge in [0.05, 0.1) is 6.10 Å². The van der Waals surface area contributed by atoms with Gasteiger partial charge in [-0.1, -0.05) is 27.7 Å². The summed E-state index contributed by atoms with van der Waals surface area (Å²) in [6.45, 7) is 8.20. The largest absolute Gasteiger partial charge is 0.396 e. The topological polar surface area (TPSA) is 40.5 Å². The van der Waals surface area contributed by atoms with E-state index in [1.165, 1.54) is 0 Å². The molecule has 0 aliphatic heterocycles. The van der Waals surface area contributed by atoms with Crippen LogP contribution in [0.25, 0.3) is 0 Å². The molecule has 0 fully saturated rings. The molecule has 3 atom stereocenters. The van der Waals surface area contributed by atoms with E-state index in [1.54, 1.807) is 0 Å². The predicted octanol–water partition coefficient (Wildman–Crippen LogP) is 1.80. The van der Waals surface area contributed by atoms with E-state index in [1.807, 2.05) is 20.8 Å². The summed E-state index contributed by atoms with van der Waals surface area (Å²) in [5, 5.41) is 18.8. The molecule has 0 aromatic rings. The van der Waals surface area contributed by atoms with Crippen LogP contribution in [-0.2, 0) is 0 Å². The Morgan fingerprint density at radius 2 is 1.83 bits per heavy atom. The van der Waals surface area contributed by atoms with E-state index < -0.39 is 0 Å². The average Bonchev–Trinajstić information content (AvgIpc) is 2.14. The monoisotopic (exact) mass is 174 g/mol. The van der Waals surface area contributed by atoms with Gasteiger partial charge in [0.2, 0.25) is 0 Å². The lowest BCUT2D eigenvalue weighted by atomic mass is 9.73. The molecule has 0 aliphatic rings. The van der Waals surface area contributed by atoms with E-state index in [0.29, 0.717) is 0 Å². The molecule has 0 radical (unpaired) electrons. The molecule has 12 heavy (non-hydrogen) atoms. The van der Waals surface area contributed by atoms with Crippen molar-refractivity contribution in [2.24, 2.45) is 11.3 Å². The zero-order valence-corrected chi connectivity index (χ0v) is 8.67. The number of hydrogen-bond donors (Lipinski definition) is 2. The van der Waals surface area contributed by atoms with Crippen LogP contribution < -0.4 is 0 Å². The molecule has 2 N–H and O–H groups in total. The summed E-state index contributed by atoms with van der Waals surface area (Å²) in [5.74, 6) is 0.164. The lowest BCUT2D eigenvalue weighted by Crippen LogP contribution is -2.36. The maximum Gasteiger partial charge on any atom is 0.0569 e. The Kier molecular flexibility index (Phi) is 4.80. The Labute approximate surface area is 75.6 Å². The Morgan fingerprint density at radius 3 is 2.08 bits per heavy atom. The quantitative estimate of drug-likeness (QED) is 0.667. The molecule has 0 aromatic heterocycles. The molecule has 74 valence electrons. The first kappa shape index (κ1) is 11.9. The lowest BCUT2D eigenvalue weighted by molar-refractivity contribution is -0.00310. The molecule has 0 saturated heterocycles. The van der Waals surface area contributed by atoms with E-state index in [2.05, 4.69) is 6.92 Å². The Hall–Kier alpha value is -0.0800. The van der Waals surface area contributed by atoms with Crippen LogP contribution in [-0.4, -0.2) is 22.9 Å². The third-order valence-electron chi connectivity index (χ3n) is 3.26. The molecule has 2 heteroatoms. The summed E-state index contributed by atoms with van der Waals surface area (Å²) in [4.78, 5) is 0. The van der Waals surface area contributed by atoms with Gasteiger partial charge in [0.15, 0.2) is 0 Å². The number of hydrogen-bond acceptors (Lipinski definition) is 2. The molecular formula is C10H22O2. The Bertz CT molecular complexity index is 119. The first-order valence-corrected chi connectivity index (χ1v) is 4.80. The van der Waals surface area contributed by atoms with Crippen LogP contribution in [0, 0.1) is 11.3 Å². The first-order valence-electron chi connectivity index (χ1n) is 4.80. The molecule has 0 bridgehead atoms. The highest BCUT2D eigenvalue weighted by molar-refractivity contribution is 4.81. The first-order chi connectivity index (χ1) is 5.51. The number of aliphatic hydroxyl groups is 2. The standard InChI is InChI=1S/C10H22O2/c1-5-9(12)8(3)10(4,6-2)7-11/h8-9,11-12H,5-7H2,1-4H3. The molecule has 0 heterocycles. The molecule has 0 saturated carbocycles. The zero-order valence-electron chi connectivity index (χ0n) is 8.67. The van der Waals surface area contributed by atoms with Crippen LogP contribution in [0.5, 0.6) is 0 Å². The van der Waals surface area contributed by atoms with E-state index in [9.17, 15) is 10.2 Å². The van der Waals surface area contributed by atoms with Gasteiger partial charge in [-0.2, -0.15) is 0 Å². The van der Waals surface area contributed by atoms with Crippen molar-refractivity contribution >= 4 is 0 Å². The highest BCUT2D eigenvalue weighted by Gasteiger charge is 2.32. The van der Waals surface area contributed by atoms with Gasteiger partial charge in [-0.05, 0) is 24.2 Å². The molecule has 0 aromatic carbocycles. The maximum absolute atomic E-state index is 9.61. The van der Waals surface area contributed by atoms with E-state index in [-0.39, 0.29) is 24.0 Å². The van der Waals surface area contributed by atoms with Gasteiger partial charge >= 0.3 is 0 Å². The predicted molar refractivity (Wildman–Crippen MR) is 50.9 cm³/mol. The van der Waals surface area contributed by atoms with E-state index >= 15 is 0 Å². The van der Waals surface area contributed by atoms with Gasteiger partial charge in [-0.25, -0.2) is 0 Å². The van der Waals surface area contributed by atoms with Crippen LogP contribution in [0.2, 0.25) is 0 Å². The Balaban J connectivity index is 4.29. The highest BCUT2D eigenvalue weighted by atomic mass is 16.3. The van der Waals surface area contributed by atoms with Crippen molar-refractivity contribution in [3.63, 3.8) is 0 Å². The van der Waals surface area contributed by atoms with Crippen molar-refractivity contribution in [2.45, 2.75) is 46.6 Å². The van der Waals surface area contributed by atoms with Crippen LogP contribution >= 0.6 is 0 Å². The molecule has 0 aliphatic carbocycles. The third-order valence-corrected chi connectivity index (χ3v) is 3.26. The van der Waals surface area contributed by atoms with Gasteiger partial charge < -0.3 is 10.2 Å². The van der Waals surface area contributed by atoms with Crippen molar-refractivity contribution in [1.82, 2.24) is 0 Å². The summed E-state index contributed by atoms with van der Waals surface area (Å²) in [7, 11) is 0. The van der Waals surface area contributed by atoms with E-state index in [4.69, 9.17) is 0 Å². The fourth-order valence-electron chi connectivity index (χ4n) is 1.40. The Morgan fingerprint density at radius 1 is 1.33 bits per heavy atom. The molecule has 0 amide bonds. The minimum atomic E-state index is -0.290. The fraction of sp³-hybridized carbons (Fsp3) is 1.00. The second-order valence-corrected chi connectivity index (χ2v) is 3.93. The number of aliphatic hydroxyl groups excluding tert-OH is 2. The fourth-order valence-corrected chi connectivity index (χ4v) is 1.40. The van der Waals surface area contributed by atoms with Crippen molar-refractivity contribution in [3.05, 3.63) is 0 Å². The van der Waals surface area contributed by atoms with Crippen LogP contribution in [0.4, 0.5) is 0 Å². The molecular weight excluding hydrogens is 152 g/mol. The molecule has 2 nitrogen and oxygen atoms in total.